The first-order valence-corrected chi connectivity index (χ1v) is 6.78. The summed E-state index contributed by atoms with van der Waals surface area (Å²) in [5.41, 5.74) is 2.99. The lowest BCUT2D eigenvalue weighted by Crippen LogP contribution is -2.29. The number of halogens is 3. The molecule has 0 aliphatic rings. The number of hydrogen-bond donors (Lipinski definition) is 1. The van der Waals surface area contributed by atoms with Crippen LogP contribution < -0.4 is 11.3 Å². The maximum Gasteiger partial charge on any atom is 0.433 e. The van der Waals surface area contributed by atoms with Gasteiger partial charge >= 0.3 is 6.18 Å². The van der Waals surface area contributed by atoms with Crippen molar-refractivity contribution in [2.24, 2.45) is 5.73 Å². The van der Waals surface area contributed by atoms with Crippen molar-refractivity contribution < 1.29 is 18.0 Å². The first kappa shape index (κ1) is 15.7. The highest BCUT2D eigenvalue weighted by Crippen LogP contribution is 2.29. The molecule has 0 aliphatic heterocycles. The lowest BCUT2D eigenvalue weighted by Gasteiger charge is -2.13. The zero-order chi connectivity index (χ0) is 17.5. The van der Waals surface area contributed by atoms with Gasteiger partial charge in [-0.3, -0.25) is 14.2 Å². The van der Waals surface area contributed by atoms with Crippen LogP contribution in [0, 0.1) is 0 Å². The number of carbonyl (C=O) groups excluding carboxylic acids is 1. The van der Waals surface area contributed by atoms with Crippen LogP contribution in [0.2, 0.25) is 0 Å². The van der Waals surface area contributed by atoms with Gasteiger partial charge < -0.3 is 5.73 Å². The zero-order valence-electron chi connectivity index (χ0n) is 12.0. The molecule has 8 heteroatoms. The lowest BCUT2D eigenvalue weighted by atomic mass is 10.1. The standard InChI is InChI=1S/C16H10F3N3O2/c17-16(18,19)12-7-6-9-8-11(13(20)23)15(24)22(14(9)21-12)10-4-2-1-3-5-10/h1-8H,(H2,20,23). The summed E-state index contributed by atoms with van der Waals surface area (Å²) in [6, 6.07) is 11.0. The molecular weight excluding hydrogens is 323 g/mol. The molecule has 0 unspecified atom stereocenters. The summed E-state index contributed by atoms with van der Waals surface area (Å²) in [5.74, 6) is -0.966. The fourth-order valence-electron chi connectivity index (χ4n) is 2.34. The number of aromatic nitrogens is 2. The van der Waals surface area contributed by atoms with Crippen LogP contribution >= 0.6 is 0 Å². The second-order valence-corrected chi connectivity index (χ2v) is 5.01. The number of pyridine rings is 2. The summed E-state index contributed by atoms with van der Waals surface area (Å²) in [7, 11) is 0. The highest BCUT2D eigenvalue weighted by Gasteiger charge is 2.33. The van der Waals surface area contributed by atoms with Crippen LogP contribution in [0.15, 0.2) is 53.3 Å². The first-order valence-electron chi connectivity index (χ1n) is 6.78. The Labute approximate surface area is 133 Å². The summed E-state index contributed by atoms with van der Waals surface area (Å²) >= 11 is 0. The van der Waals surface area contributed by atoms with Gasteiger partial charge in [0.15, 0.2) is 0 Å². The molecule has 122 valence electrons. The van der Waals surface area contributed by atoms with Gasteiger partial charge in [0.1, 0.15) is 16.9 Å². The second-order valence-electron chi connectivity index (χ2n) is 5.01. The van der Waals surface area contributed by atoms with Gasteiger partial charge in [-0.05, 0) is 30.3 Å². The predicted molar refractivity (Wildman–Crippen MR) is 80.9 cm³/mol. The first-order chi connectivity index (χ1) is 11.3. The monoisotopic (exact) mass is 333 g/mol. The molecule has 0 saturated heterocycles. The number of hydrogen-bond acceptors (Lipinski definition) is 3. The van der Waals surface area contributed by atoms with Crippen molar-refractivity contribution in [3.05, 3.63) is 70.1 Å². The van der Waals surface area contributed by atoms with E-state index in [-0.39, 0.29) is 22.3 Å². The molecule has 0 radical (unpaired) electrons. The molecule has 0 saturated carbocycles. The highest BCUT2D eigenvalue weighted by atomic mass is 19.4. The third-order valence-corrected chi connectivity index (χ3v) is 3.42. The Morgan fingerprint density at radius 1 is 1.08 bits per heavy atom. The topological polar surface area (TPSA) is 78.0 Å². The van der Waals surface area contributed by atoms with Crippen molar-refractivity contribution in [3.8, 4) is 5.69 Å². The van der Waals surface area contributed by atoms with Crippen molar-refractivity contribution in [1.29, 1.82) is 0 Å². The van der Waals surface area contributed by atoms with Gasteiger partial charge in [0.05, 0.1) is 5.69 Å². The van der Waals surface area contributed by atoms with E-state index >= 15 is 0 Å². The Morgan fingerprint density at radius 2 is 1.75 bits per heavy atom. The van der Waals surface area contributed by atoms with Crippen LogP contribution in [-0.4, -0.2) is 15.5 Å². The van der Waals surface area contributed by atoms with Gasteiger partial charge in [-0.25, -0.2) is 4.98 Å². The van der Waals surface area contributed by atoms with Gasteiger partial charge in [0.2, 0.25) is 0 Å². The molecule has 1 aromatic carbocycles. The van der Waals surface area contributed by atoms with Crippen LogP contribution in [-0.2, 0) is 6.18 Å². The predicted octanol–water partition coefficient (Wildman–Crippen LogP) is 2.50. The fraction of sp³-hybridized carbons (Fsp3) is 0.0625. The number of para-hydroxylation sites is 1. The number of nitrogens with two attached hydrogens (primary N) is 1. The minimum absolute atomic E-state index is 0.195. The normalized spacial score (nSPS) is 11.6. The zero-order valence-corrected chi connectivity index (χ0v) is 12.0. The molecule has 3 aromatic rings. The molecule has 2 heterocycles. The summed E-state index contributed by atoms with van der Waals surface area (Å²) in [6.07, 6.45) is -4.66. The average Bonchev–Trinajstić information content (AvgIpc) is 2.53. The molecule has 24 heavy (non-hydrogen) atoms. The summed E-state index contributed by atoms with van der Waals surface area (Å²) in [4.78, 5) is 27.6. The van der Waals surface area contributed by atoms with E-state index in [2.05, 4.69) is 4.98 Å². The van der Waals surface area contributed by atoms with Crippen LogP contribution in [0.4, 0.5) is 13.2 Å². The Kier molecular flexibility index (Phi) is 3.59. The number of nitrogens with zero attached hydrogens (tertiary/aromatic N) is 2. The maximum absolute atomic E-state index is 12.9. The number of primary amides is 1. The number of benzene rings is 1. The number of alkyl halides is 3. The smallest absolute Gasteiger partial charge is 0.365 e. The molecule has 2 N–H and O–H groups in total. The Morgan fingerprint density at radius 3 is 2.33 bits per heavy atom. The number of fused-ring (bicyclic) bond motifs is 1. The van der Waals surface area contributed by atoms with Gasteiger partial charge in [-0.1, -0.05) is 18.2 Å². The van der Waals surface area contributed by atoms with E-state index in [1.54, 1.807) is 18.2 Å². The Bertz CT molecular complexity index is 995. The van der Waals surface area contributed by atoms with Crippen LogP contribution in [0.25, 0.3) is 16.7 Å². The molecule has 5 nitrogen and oxygen atoms in total. The Hall–Kier alpha value is -3.16. The van der Waals surface area contributed by atoms with E-state index in [1.807, 2.05) is 0 Å². The molecule has 0 aliphatic carbocycles. The lowest BCUT2D eigenvalue weighted by molar-refractivity contribution is -0.141. The summed E-state index contributed by atoms with van der Waals surface area (Å²) in [6.45, 7) is 0. The van der Waals surface area contributed by atoms with Crippen molar-refractivity contribution in [2.75, 3.05) is 0 Å². The van der Waals surface area contributed by atoms with Crippen LogP contribution in [0.5, 0.6) is 0 Å². The third-order valence-electron chi connectivity index (χ3n) is 3.42. The quantitative estimate of drug-likeness (QED) is 0.783. The molecular formula is C16H10F3N3O2. The molecule has 0 spiro atoms. The van der Waals surface area contributed by atoms with E-state index in [4.69, 9.17) is 5.73 Å². The minimum atomic E-state index is -4.66. The largest absolute Gasteiger partial charge is 0.433 e. The maximum atomic E-state index is 12.9. The SMILES string of the molecule is NC(=O)c1cc2ccc(C(F)(F)F)nc2n(-c2ccccc2)c1=O. The fourth-order valence-corrected chi connectivity index (χ4v) is 2.34. The minimum Gasteiger partial charge on any atom is -0.365 e. The van der Waals surface area contributed by atoms with E-state index in [0.717, 1.165) is 22.8 Å². The third kappa shape index (κ3) is 2.62. The molecule has 0 fully saturated rings. The van der Waals surface area contributed by atoms with Gasteiger partial charge in [0, 0.05) is 5.39 Å². The summed E-state index contributed by atoms with van der Waals surface area (Å²) in [5, 5.41) is 0.195. The van der Waals surface area contributed by atoms with E-state index in [0.29, 0.717) is 0 Å². The van der Waals surface area contributed by atoms with Crippen molar-refractivity contribution in [3.63, 3.8) is 0 Å². The number of rotatable bonds is 2. The van der Waals surface area contributed by atoms with Gasteiger partial charge in [0.25, 0.3) is 11.5 Å². The van der Waals surface area contributed by atoms with E-state index in [9.17, 15) is 22.8 Å². The molecule has 0 atom stereocenters. The van der Waals surface area contributed by atoms with Crippen molar-refractivity contribution in [2.45, 2.75) is 6.18 Å². The summed E-state index contributed by atoms with van der Waals surface area (Å²) < 4.78 is 39.8. The van der Waals surface area contributed by atoms with Crippen LogP contribution in [0.3, 0.4) is 0 Å². The molecule has 2 aromatic heterocycles. The van der Waals surface area contributed by atoms with E-state index in [1.165, 1.54) is 12.1 Å². The van der Waals surface area contributed by atoms with Crippen LogP contribution in [0.1, 0.15) is 16.1 Å². The second kappa shape index (κ2) is 5.48. The van der Waals surface area contributed by atoms with Gasteiger partial charge in [-0.2, -0.15) is 13.2 Å². The molecule has 3 rings (SSSR count). The average molecular weight is 333 g/mol. The molecule has 1 amide bonds. The number of carbonyl (C=O) groups is 1. The van der Waals surface area contributed by atoms with Gasteiger partial charge in [-0.15, -0.1) is 0 Å². The molecule has 0 bridgehead atoms. The van der Waals surface area contributed by atoms with E-state index < -0.39 is 23.3 Å². The van der Waals surface area contributed by atoms with Crippen molar-refractivity contribution in [1.82, 2.24) is 9.55 Å². The number of amides is 1. The Balaban J connectivity index is 2.46. The van der Waals surface area contributed by atoms with Crippen molar-refractivity contribution >= 4 is 16.9 Å². The highest BCUT2D eigenvalue weighted by molar-refractivity contribution is 5.96.